The molecule has 2 heterocycles. The van der Waals surface area contributed by atoms with Crippen molar-refractivity contribution in [3.05, 3.63) is 64.4 Å². The van der Waals surface area contributed by atoms with E-state index >= 15 is 0 Å². The van der Waals surface area contributed by atoms with E-state index in [0.717, 1.165) is 21.1 Å². The predicted molar refractivity (Wildman–Crippen MR) is 98.9 cm³/mol. The Kier molecular flexibility index (Phi) is 5.63. The van der Waals surface area contributed by atoms with Gasteiger partial charge in [-0.1, -0.05) is 29.8 Å². The molecule has 25 heavy (non-hydrogen) atoms. The molecule has 0 aliphatic rings. The number of hydrogen-bond donors (Lipinski definition) is 1. The van der Waals surface area contributed by atoms with Crippen molar-refractivity contribution < 1.29 is 9.53 Å². The highest BCUT2D eigenvalue weighted by Gasteiger charge is 2.12. The van der Waals surface area contributed by atoms with E-state index in [4.69, 9.17) is 16.3 Å². The lowest BCUT2D eigenvalue weighted by Crippen LogP contribution is -2.28. The average molecular weight is 374 g/mol. The van der Waals surface area contributed by atoms with E-state index in [-0.39, 0.29) is 12.5 Å². The number of benzene rings is 1. The smallest absolute Gasteiger partial charge is 0.258 e. The largest absolute Gasteiger partial charge is 0.482 e. The SMILES string of the molecule is Cc1nc(-c2ccccc2Cl)sc1CNC(=O)COc1cccnc1. The second kappa shape index (κ2) is 8.09. The first-order valence-electron chi connectivity index (χ1n) is 7.64. The van der Waals surface area contributed by atoms with Gasteiger partial charge in [0.25, 0.3) is 5.91 Å². The summed E-state index contributed by atoms with van der Waals surface area (Å²) < 4.78 is 5.37. The van der Waals surface area contributed by atoms with Gasteiger partial charge in [0.1, 0.15) is 10.8 Å². The summed E-state index contributed by atoms with van der Waals surface area (Å²) >= 11 is 7.74. The van der Waals surface area contributed by atoms with Crippen LogP contribution in [0.2, 0.25) is 5.02 Å². The number of aryl methyl sites for hydroxylation is 1. The van der Waals surface area contributed by atoms with Crippen molar-refractivity contribution in [2.45, 2.75) is 13.5 Å². The molecule has 0 atom stereocenters. The molecule has 0 aliphatic heterocycles. The summed E-state index contributed by atoms with van der Waals surface area (Å²) in [6.07, 6.45) is 3.21. The van der Waals surface area contributed by atoms with E-state index in [9.17, 15) is 4.79 Å². The van der Waals surface area contributed by atoms with Crippen molar-refractivity contribution >= 4 is 28.8 Å². The number of rotatable bonds is 6. The molecule has 0 radical (unpaired) electrons. The minimum atomic E-state index is -0.198. The zero-order valence-electron chi connectivity index (χ0n) is 13.5. The molecule has 7 heteroatoms. The second-order valence-corrected chi connectivity index (χ2v) is 6.75. The van der Waals surface area contributed by atoms with Crippen LogP contribution in [0.3, 0.4) is 0 Å². The summed E-state index contributed by atoms with van der Waals surface area (Å²) in [5.41, 5.74) is 1.78. The second-order valence-electron chi connectivity index (χ2n) is 5.26. The third kappa shape index (κ3) is 4.55. The van der Waals surface area contributed by atoms with Gasteiger partial charge in [0.15, 0.2) is 6.61 Å². The summed E-state index contributed by atoms with van der Waals surface area (Å²) in [4.78, 5) is 21.4. The molecule has 1 amide bonds. The minimum Gasteiger partial charge on any atom is -0.482 e. The zero-order valence-corrected chi connectivity index (χ0v) is 15.1. The molecule has 1 aromatic carbocycles. The molecule has 0 bridgehead atoms. The van der Waals surface area contributed by atoms with Crippen LogP contribution < -0.4 is 10.1 Å². The molecule has 3 aromatic rings. The molecule has 0 unspecified atom stereocenters. The summed E-state index contributed by atoms with van der Waals surface area (Å²) in [5.74, 6) is 0.364. The van der Waals surface area contributed by atoms with Gasteiger partial charge in [0.05, 0.1) is 23.5 Å². The summed E-state index contributed by atoms with van der Waals surface area (Å²) in [6, 6.07) is 11.1. The van der Waals surface area contributed by atoms with E-state index in [1.54, 1.807) is 24.5 Å². The normalized spacial score (nSPS) is 10.5. The number of carbonyl (C=O) groups is 1. The van der Waals surface area contributed by atoms with Gasteiger partial charge in [-0.25, -0.2) is 4.98 Å². The fourth-order valence-electron chi connectivity index (χ4n) is 2.15. The first-order valence-corrected chi connectivity index (χ1v) is 8.83. The van der Waals surface area contributed by atoms with Crippen LogP contribution in [0.5, 0.6) is 5.75 Å². The van der Waals surface area contributed by atoms with Gasteiger partial charge in [-0.15, -0.1) is 11.3 Å². The van der Waals surface area contributed by atoms with Gasteiger partial charge in [0, 0.05) is 16.6 Å². The van der Waals surface area contributed by atoms with Gasteiger partial charge >= 0.3 is 0 Å². The van der Waals surface area contributed by atoms with Gasteiger partial charge in [-0.05, 0) is 25.1 Å². The number of halogens is 1. The Labute approximate surface area is 154 Å². The quantitative estimate of drug-likeness (QED) is 0.712. The number of amides is 1. The lowest BCUT2D eigenvalue weighted by molar-refractivity contribution is -0.123. The Morgan fingerprint density at radius 1 is 1.28 bits per heavy atom. The molecular weight excluding hydrogens is 358 g/mol. The Bertz CT molecular complexity index is 868. The standard InChI is InChI=1S/C18H16ClN3O2S/c1-12-16(25-18(22-12)14-6-2-3-7-15(14)19)10-21-17(23)11-24-13-5-4-8-20-9-13/h2-9H,10-11H2,1H3,(H,21,23). The van der Waals surface area contributed by atoms with E-state index in [1.807, 2.05) is 31.2 Å². The molecule has 128 valence electrons. The monoisotopic (exact) mass is 373 g/mol. The third-order valence-electron chi connectivity index (χ3n) is 3.45. The van der Waals surface area contributed by atoms with E-state index in [0.29, 0.717) is 17.3 Å². The van der Waals surface area contributed by atoms with Gasteiger partial charge in [-0.2, -0.15) is 0 Å². The maximum Gasteiger partial charge on any atom is 0.258 e. The highest BCUT2D eigenvalue weighted by atomic mass is 35.5. The van der Waals surface area contributed by atoms with Crippen molar-refractivity contribution in [1.82, 2.24) is 15.3 Å². The van der Waals surface area contributed by atoms with Gasteiger partial charge in [0.2, 0.25) is 0 Å². The molecule has 2 aromatic heterocycles. The Morgan fingerprint density at radius 3 is 2.88 bits per heavy atom. The maximum atomic E-state index is 11.9. The van der Waals surface area contributed by atoms with Gasteiger partial charge < -0.3 is 10.1 Å². The van der Waals surface area contributed by atoms with Crippen LogP contribution in [0.1, 0.15) is 10.6 Å². The summed E-state index contributed by atoms with van der Waals surface area (Å²) in [5, 5.41) is 4.35. The van der Waals surface area contributed by atoms with Crippen molar-refractivity contribution in [1.29, 1.82) is 0 Å². The number of thiazole rings is 1. The molecule has 0 fully saturated rings. The summed E-state index contributed by atoms with van der Waals surface area (Å²) in [7, 11) is 0. The van der Waals surface area contributed by atoms with Crippen LogP contribution in [0.25, 0.3) is 10.6 Å². The first-order chi connectivity index (χ1) is 12.1. The van der Waals surface area contributed by atoms with E-state index in [1.165, 1.54) is 11.3 Å². The van der Waals surface area contributed by atoms with Crippen molar-refractivity contribution in [2.24, 2.45) is 0 Å². The number of carbonyl (C=O) groups excluding carboxylic acids is 1. The lowest BCUT2D eigenvalue weighted by Gasteiger charge is -2.06. The maximum absolute atomic E-state index is 11.9. The Morgan fingerprint density at radius 2 is 2.12 bits per heavy atom. The number of aromatic nitrogens is 2. The number of pyridine rings is 1. The van der Waals surface area contributed by atoms with Crippen molar-refractivity contribution in [3.8, 4) is 16.3 Å². The fraction of sp³-hybridized carbons (Fsp3) is 0.167. The Balaban J connectivity index is 1.58. The molecule has 0 aliphatic carbocycles. The van der Waals surface area contributed by atoms with Gasteiger partial charge in [-0.3, -0.25) is 9.78 Å². The third-order valence-corrected chi connectivity index (χ3v) is 4.97. The van der Waals surface area contributed by atoms with Crippen LogP contribution in [0, 0.1) is 6.92 Å². The number of hydrogen-bond acceptors (Lipinski definition) is 5. The first kappa shape index (κ1) is 17.4. The van der Waals surface area contributed by atoms with Crippen molar-refractivity contribution in [3.63, 3.8) is 0 Å². The molecule has 0 saturated carbocycles. The highest BCUT2D eigenvalue weighted by molar-refractivity contribution is 7.15. The number of ether oxygens (including phenoxy) is 1. The molecular formula is C18H16ClN3O2S. The van der Waals surface area contributed by atoms with E-state index in [2.05, 4.69) is 15.3 Å². The molecule has 0 saturated heterocycles. The molecule has 5 nitrogen and oxygen atoms in total. The van der Waals surface area contributed by atoms with Crippen molar-refractivity contribution in [2.75, 3.05) is 6.61 Å². The molecule has 3 rings (SSSR count). The highest BCUT2D eigenvalue weighted by Crippen LogP contribution is 2.32. The minimum absolute atomic E-state index is 0.0546. The summed E-state index contributed by atoms with van der Waals surface area (Å²) in [6.45, 7) is 2.27. The van der Waals surface area contributed by atoms with Crippen LogP contribution in [-0.2, 0) is 11.3 Å². The molecule has 1 N–H and O–H groups in total. The molecule has 0 spiro atoms. The number of nitrogens with one attached hydrogen (secondary N) is 1. The average Bonchev–Trinajstić information content (AvgIpc) is 3.00. The lowest BCUT2D eigenvalue weighted by atomic mass is 10.2. The fourth-order valence-corrected chi connectivity index (χ4v) is 3.48. The topological polar surface area (TPSA) is 64.1 Å². The Hall–Kier alpha value is -2.44. The van der Waals surface area contributed by atoms with Crippen LogP contribution in [0.15, 0.2) is 48.8 Å². The zero-order chi connectivity index (χ0) is 17.6. The van der Waals surface area contributed by atoms with Crippen LogP contribution in [-0.4, -0.2) is 22.5 Å². The number of nitrogens with zero attached hydrogens (tertiary/aromatic N) is 2. The van der Waals surface area contributed by atoms with Crippen LogP contribution in [0.4, 0.5) is 0 Å². The van der Waals surface area contributed by atoms with Crippen LogP contribution >= 0.6 is 22.9 Å². The predicted octanol–water partition coefficient (Wildman–Crippen LogP) is 3.86. The van der Waals surface area contributed by atoms with E-state index < -0.39 is 0 Å².